The highest BCUT2D eigenvalue weighted by molar-refractivity contribution is 5.46. The van der Waals surface area contributed by atoms with Crippen LogP contribution < -0.4 is 9.64 Å². The van der Waals surface area contributed by atoms with Gasteiger partial charge in [-0.25, -0.2) is 4.39 Å². The molecule has 2 aromatic carbocycles. The molecule has 2 heterocycles. The van der Waals surface area contributed by atoms with Crippen molar-refractivity contribution >= 4 is 5.69 Å². The highest BCUT2D eigenvalue weighted by Gasteiger charge is 2.28. The second kappa shape index (κ2) is 10.4. The number of rotatable bonds is 7. The smallest absolute Gasteiger partial charge is 0.124 e. The van der Waals surface area contributed by atoms with Gasteiger partial charge in [-0.3, -0.25) is 9.80 Å². The lowest BCUT2D eigenvalue weighted by Crippen LogP contribution is -2.55. The van der Waals surface area contributed by atoms with Crippen LogP contribution in [-0.2, 0) is 13.2 Å². The van der Waals surface area contributed by atoms with Gasteiger partial charge in [-0.1, -0.05) is 6.07 Å². The highest BCUT2D eigenvalue weighted by Crippen LogP contribution is 2.24. The number of piperidine rings is 1. The zero-order valence-corrected chi connectivity index (χ0v) is 18.5. The quantitative estimate of drug-likeness (QED) is 0.732. The Morgan fingerprint density at radius 1 is 1.03 bits per heavy atom. The van der Waals surface area contributed by atoms with Gasteiger partial charge in [0, 0.05) is 56.6 Å². The van der Waals surface area contributed by atoms with Gasteiger partial charge in [0.2, 0.25) is 0 Å². The molecular formula is C25H34FN3O2. The Bertz CT molecular complexity index is 837. The summed E-state index contributed by atoms with van der Waals surface area (Å²) < 4.78 is 18.8. The number of likely N-dealkylation sites (tertiary alicyclic amines) is 1. The summed E-state index contributed by atoms with van der Waals surface area (Å²) in [5.41, 5.74) is 3.21. The van der Waals surface area contributed by atoms with Crippen molar-refractivity contribution in [1.29, 1.82) is 0 Å². The molecule has 1 atom stereocenters. The van der Waals surface area contributed by atoms with E-state index in [1.807, 2.05) is 25.1 Å². The molecule has 2 fully saturated rings. The zero-order valence-electron chi connectivity index (χ0n) is 18.5. The standard InChI is InChI=1S/C25H34FN3O2/c1-2-31-25-10-5-20(16-21(25)19-30)17-27-11-3-4-24(18-27)29-14-12-28(13-15-29)23-8-6-22(26)7-9-23/h5-10,16,24,30H,2-4,11-15,17-19H2,1H3/t24-/m0/s1. The predicted octanol–water partition coefficient (Wildman–Crippen LogP) is 3.50. The van der Waals surface area contributed by atoms with E-state index in [0.29, 0.717) is 12.6 Å². The maximum absolute atomic E-state index is 13.2. The van der Waals surface area contributed by atoms with Crippen molar-refractivity contribution < 1.29 is 14.2 Å². The summed E-state index contributed by atoms with van der Waals surface area (Å²) in [7, 11) is 0. The van der Waals surface area contributed by atoms with Crippen LogP contribution in [0, 0.1) is 5.82 Å². The number of aliphatic hydroxyl groups is 1. The third-order valence-corrected chi connectivity index (χ3v) is 6.50. The van der Waals surface area contributed by atoms with Crippen LogP contribution in [0.2, 0.25) is 0 Å². The number of aliphatic hydroxyl groups excluding tert-OH is 1. The van der Waals surface area contributed by atoms with Crippen LogP contribution in [0.1, 0.15) is 30.9 Å². The van der Waals surface area contributed by atoms with Crippen molar-refractivity contribution in [3.05, 3.63) is 59.4 Å². The lowest BCUT2D eigenvalue weighted by molar-refractivity contribution is 0.0887. The van der Waals surface area contributed by atoms with Crippen molar-refractivity contribution in [3.63, 3.8) is 0 Å². The molecule has 168 valence electrons. The molecule has 0 bridgehead atoms. The summed E-state index contributed by atoms with van der Waals surface area (Å²) in [4.78, 5) is 7.52. The Morgan fingerprint density at radius 3 is 2.52 bits per heavy atom. The van der Waals surface area contributed by atoms with E-state index in [0.717, 1.165) is 62.8 Å². The van der Waals surface area contributed by atoms with E-state index in [-0.39, 0.29) is 12.4 Å². The number of piperazine rings is 1. The first-order valence-corrected chi connectivity index (χ1v) is 11.5. The number of hydrogen-bond acceptors (Lipinski definition) is 5. The summed E-state index contributed by atoms with van der Waals surface area (Å²) in [6, 6.07) is 13.6. The van der Waals surface area contributed by atoms with E-state index in [4.69, 9.17) is 4.74 Å². The molecule has 0 radical (unpaired) electrons. The number of halogens is 1. The highest BCUT2D eigenvalue weighted by atomic mass is 19.1. The fourth-order valence-electron chi connectivity index (χ4n) is 4.88. The SMILES string of the molecule is CCOc1ccc(CN2CCC[C@H](N3CCN(c4ccc(F)cc4)CC3)C2)cc1CO. The van der Waals surface area contributed by atoms with Gasteiger partial charge in [-0.05, 0) is 68.3 Å². The summed E-state index contributed by atoms with van der Waals surface area (Å²) in [6.07, 6.45) is 2.46. The summed E-state index contributed by atoms with van der Waals surface area (Å²) >= 11 is 0. The van der Waals surface area contributed by atoms with Crippen LogP contribution >= 0.6 is 0 Å². The minimum atomic E-state index is -0.177. The van der Waals surface area contributed by atoms with Crippen LogP contribution in [-0.4, -0.2) is 66.8 Å². The van der Waals surface area contributed by atoms with Crippen molar-refractivity contribution in [3.8, 4) is 5.75 Å². The van der Waals surface area contributed by atoms with Crippen molar-refractivity contribution in [2.24, 2.45) is 0 Å². The van der Waals surface area contributed by atoms with Crippen molar-refractivity contribution in [1.82, 2.24) is 9.80 Å². The molecule has 1 N–H and O–H groups in total. The Hall–Kier alpha value is -2.15. The van der Waals surface area contributed by atoms with Gasteiger partial charge < -0.3 is 14.7 Å². The van der Waals surface area contributed by atoms with Gasteiger partial charge in [0.1, 0.15) is 11.6 Å². The predicted molar refractivity (Wildman–Crippen MR) is 122 cm³/mol. The van der Waals surface area contributed by atoms with E-state index < -0.39 is 0 Å². The van der Waals surface area contributed by atoms with Crippen molar-refractivity contribution in [2.75, 3.05) is 50.8 Å². The molecule has 4 rings (SSSR count). The molecule has 31 heavy (non-hydrogen) atoms. The minimum Gasteiger partial charge on any atom is -0.494 e. The van der Waals surface area contributed by atoms with Gasteiger partial charge in [-0.2, -0.15) is 0 Å². The number of nitrogens with zero attached hydrogens (tertiary/aromatic N) is 3. The average Bonchev–Trinajstić information content (AvgIpc) is 2.81. The zero-order chi connectivity index (χ0) is 21.6. The largest absolute Gasteiger partial charge is 0.494 e. The first-order valence-electron chi connectivity index (χ1n) is 11.5. The lowest BCUT2D eigenvalue weighted by atomic mass is 10.0. The van der Waals surface area contributed by atoms with Gasteiger partial charge in [0.25, 0.3) is 0 Å². The van der Waals surface area contributed by atoms with Gasteiger partial charge in [-0.15, -0.1) is 0 Å². The molecule has 2 aliphatic heterocycles. The maximum atomic E-state index is 13.2. The number of hydrogen-bond donors (Lipinski definition) is 1. The molecule has 0 saturated carbocycles. The van der Waals surface area contributed by atoms with E-state index in [1.165, 1.54) is 18.4 Å². The molecule has 2 saturated heterocycles. The fourth-order valence-corrected chi connectivity index (χ4v) is 4.88. The number of benzene rings is 2. The fraction of sp³-hybridized carbons (Fsp3) is 0.520. The molecule has 0 aromatic heterocycles. The molecule has 0 unspecified atom stereocenters. The van der Waals surface area contributed by atoms with E-state index in [2.05, 4.69) is 26.8 Å². The molecule has 5 nitrogen and oxygen atoms in total. The van der Waals surface area contributed by atoms with E-state index in [1.54, 1.807) is 12.1 Å². The molecule has 2 aliphatic rings. The molecule has 0 spiro atoms. The lowest BCUT2D eigenvalue weighted by Gasteiger charge is -2.44. The van der Waals surface area contributed by atoms with Crippen LogP contribution in [0.4, 0.5) is 10.1 Å². The molecule has 0 amide bonds. The normalized spacial score (nSPS) is 20.7. The summed E-state index contributed by atoms with van der Waals surface area (Å²) in [5, 5.41) is 9.68. The third-order valence-electron chi connectivity index (χ3n) is 6.50. The summed E-state index contributed by atoms with van der Waals surface area (Å²) in [6.45, 7) is 9.75. The van der Waals surface area contributed by atoms with Crippen LogP contribution in [0.3, 0.4) is 0 Å². The summed E-state index contributed by atoms with van der Waals surface area (Å²) in [5.74, 6) is 0.604. The first-order chi connectivity index (χ1) is 15.2. The molecular weight excluding hydrogens is 393 g/mol. The number of anilines is 1. The average molecular weight is 428 g/mol. The third kappa shape index (κ3) is 5.56. The molecule has 6 heteroatoms. The van der Waals surface area contributed by atoms with Crippen LogP contribution in [0.25, 0.3) is 0 Å². The van der Waals surface area contributed by atoms with E-state index in [9.17, 15) is 9.50 Å². The van der Waals surface area contributed by atoms with Gasteiger partial charge in [0.15, 0.2) is 0 Å². The van der Waals surface area contributed by atoms with Gasteiger partial charge in [0.05, 0.1) is 13.2 Å². The van der Waals surface area contributed by atoms with Gasteiger partial charge >= 0.3 is 0 Å². The van der Waals surface area contributed by atoms with Crippen LogP contribution in [0.5, 0.6) is 5.75 Å². The Balaban J connectivity index is 1.31. The Labute approximate surface area is 185 Å². The second-order valence-electron chi connectivity index (χ2n) is 8.56. The molecule has 2 aromatic rings. The Kier molecular flexibility index (Phi) is 7.43. The van der Waals surface area contributed by atoms with E-state index >= 15 is 0 Å². The monoisotopic (exact) mass is 427 g/mol. The Morgan fingerprint density at radius 2 is 1.81 bits per heavy atom. The molecule has 0 aliphatic carbocycles. The maximum Gasteiger partial charge on any atom is 0.124 e. The van der Waals surface area contributed by atoms with Crippen molar-refractivity contribution in [2.45, 2.75) is 39.0 Å². The second-order valence-corrected chi connectivity index (χ2v) is 8.56. The topological polar surface area (TPSA) is 39.2 Å². The number of ether oxygens (including phenoxy) is 1. The first kappa shape index (κ1) is 22.1. The van der Waals surface area contributed by atoms with Crippen LogP contribution in [0.15, 0.2) is 42.5 Å². The minimum absolute atomic E-state index is 0.00410.